The van der Waals surface area contributed by atoms with Crippen molar-refractivity contribution >= 4 is 11.3 Å². The van der Waals surface area contributed by atoms with Crippen LogP contribution in [-0.2, 0) is 11.8 Å². The predicted octanol–water partition coefficient (Wildman–Crippen LogP) is 12.2. The molecular weight excluding hydrogens is 569 g/mol. The molecule has 0 spiro atoms. The summed E-state index contributed by atoms with van der Waals surface area (Å²) in [6.07, 6.45) is 16.5. The number of nitrogens with one attached hydrogen (secondary N) is 1. The lowest BCUT2D eigenvalue weighted by Gasteiger charge is -2.31. The van der Waals surface area contributed by atoms with Crippen molar-refractivity contribution in [3.63, 3.8) is 0 Å². The fraction of sp³-hybridized carbons (Fsp3) is 0.289. The third-order valence-electron chi connectivity index (χ3n) is 8.54. The fourth-order valence-electron chi connectivity index (χ4n) is 5.63. The average Bonchev–Trinajstić information content (AvgIpc) is 3.49. The van der Waals surface area contributed by atoms with E-state index in [0.717, 1.165) is 24.1 Å². The summed E-state index contributed by atoms with van der Waals surface area (Å²) >= 11 is 0. The fourth-order valence-corrected chi connectivity index (χ4v) is 5.63. The Morgan fingerprint density at radius 3 is 2.09 bits per heavy atom. The van der Waals surface area contributed by atoms with Crippen molar-refractivity contribution in [2.24, 2.45) is 0 Å². The van der Waals surface area contributed by atoms with E-state index >= 15 is 0 Å². The third kappa shape index (κ3) is 10.3. The molecule has 2 heteroatoms. The zero-order valence-corrected chi connectivity index (χ0v) is 30.5. The molecule has 0 radical (unpaired) electrons. The molecule has 1 atom stereocenters. The number of benzene rings is 3. The summed E-state index contributed by atoms with van der Waals surface area (Å²) in [5.74, 6) is 0. The quantitative estimate of drug-likeness (QED) is 0.188. The Labute approximate surface area is 287 Å². The molecule has 0 saturated heterocycles. The summed E-state index contributed by atoms with van der Waals surface area (Å²) in [5.41, 5.74) is 15.2. The molecule has 0 saturated carbocycles. The summed E-state index contributed by atoms with van der Waals surface area (Å²) in [5, 5.41) is 2.12. The van der Waals surface area contributed by atoms with Crippen molar-refractivity contribution in [3.8, 4) is 0 Å². The van der Waals surface area contributed by atoms with Gasteiger partial charge in [-0.25, -0.2) is 5.43 Å². The first-order valence-corrected chi connectivity index (χ1v) is 17.2. The summed E-state index contributed by atoms with van der Waals surface area (Å²) < 4.78 is 0. The number of allylic oxidation sites excluding steroid dienone is 9. The summed E-state index contributed by atoms with van der Waals surface area (Å²) in [6.45, 7) is 25.0. The van der Waals surface area contributed by atoms with E-state index < -0.39 is 0 Å². The molecular formula is C45H58N2. The lowest BCUT2D eigenvalue weighted by Crippen LogP contribution is -2.44. The average molecular weight is 627 g/mol. The van der Waals surface area contributed by atoms with Gasteiger partial charge in [-0.15, -0.1) is 0 Å². The van der Waals surface area contributed by atoms with Gasteiger partial charge in [-0.2, -0.15) is 0 Å². The number of hydrogen-bond donors (Lipinski definition) is 1. The predicted molar refractivity (Wildman–Crippen MR) is 211 cm³/mol. The number of rotatable bonds is 9. The van der Waals surface area contributed by atoms with Crippen LogP contribution in [0.1, 0.15) is 78.5 Å². The van der Waals surface area contributed by atoms with Crippen LogP contribution in [0.15, 0.2) is 163 Å². The largest absolute Gasteiger partial charge is 0.311 e. The number of nitrogens with zero attached hydrogens (tertiary/aromatic N) is 1. The molecule has 3 aromatic rings. The van der Waals surface area contributed by atoms with Gasteiger partial charge in [0.05, 0.1) is 11.7 Å². The molecule has 47 heavy (non-hydrogen) atoms. The number of hydrazine groups is 1. The SMILES string of the molecule is C=C(C1=CC=CCC1NN(C)c1ccccc1)C1=C(/C=C(\C)C(C)(C)c2ccccc2)c2ccccc2C1.C=C/C=C\C.CC.CC. The maximum absolute atomic E-state index is 4.70. The monoisotopic (exact) mass is 626 g/mol. The molecule has 0 aliphatic heterocycles. The zero-order valence-electron chi connectivity index (χ0n) is 30.5. The molecule has 3 aromatic carbocycles. The summed E-state index contributed by atoms with van der Waals surface area (Å²) in [4.78, 5) is 0. The second-order valence-corrected chi connectivity index (χ2v) is 11.6. The number of para-hydroxylation sites is 1. The van der Waals surface area contributed by atoms with Crippen molar-refractivity contribution in [1.82, 2.24) is 5.43 Å². The highest BCUT2D eigenvalue weighted by Gasteiger charge is 2.29. The van der Waals surface area contributed by atoms with Crippen LogP contribution in [0.5, 0.6) is 0 Å². The van der Waals surface area contributed by atoms with Gasteiger partial charge in [0.15, 0.2) is 0 Å². The van der Waals surface area contributed by atoms with Gasteiger partial charge in [0.2, 0.25) is 0 Å². The molecule has 2 nitrogen and oxygen atoms in total. The third-order valence-corrected chi connectivity index (χ3v) is 8.54. The van der Waals surface area contributed by atoms with Crippen molar-refractivity contribution < 1.29 is 0 Å². The Bertz CT molecular complexity index is 1560. The van der Waals surface area contributed by atoms with E-state index in [9.17, 15) is 0 Å². The van der Waals surface area contributed by atoms with Gasteiger partial charge in [0, 0.05) is 12.5 Å². The Balaban J connectivity index is 0.000000769. The van der Waals surface area contributed by atoms with Crippen LogP contribution in [0.25, 0.3) is 5.57 Å². The molecule has 1 unspecified atom stereocenters. The number of fused-ring (bicyclic) bond motifs is 1. The Morgan fingerprint density at radius 2 is 1.49 bits per heavy atom. The van der Waals surface area contributed by atoms with E-state index in [1.165, 1.54) is 39.0 Å². The molecule has 5 rings (SSSR count). The van der Waals surface area contributed by atoms with Crippen molar-refractivity contribution in [3.05, 3.63) is 180 Å². The van der Waals surface area contributed by atoms with Crippen molar-refractivity contribution in [2.45, 2.75) is 79.7 Å². The summed E-state index contributed by atoms with van der Waals surface area (Å²) in [7, 11) is 2.09. The minimum Gasteiger partial charge on any atom is -0.311 e. The molecule has 0 heterocycles. The first-order chi connectivity index (χ1) is 22.8. The highest BCUT2D eigenvalue weighted by atomic mass is 15.5. The van der Waals surface area contributed by atoms with Crippen molar-refractivity contribution in [1.29, 1.82) is 0 Å². The Hall–Kier alpha value is -4.40. The lowest BCUT2D eigenvalue weighted by atomic mass is 9.77. The number of hydrogen-bond acceptors (Lipinski definition) is 2. The van der Waals surface area contributed by atoms with Gasteiger partial charge in [-0.1, -0.05) is 176 Å². The second-order valence-electron chi connectivity index (χ2n) is 11.6. The first kappa shape index (κ1) is 38.8. The van der Waals surface area contributed by atoms with Crippen LogP contribution in [0.3, 0.4) is 0 Å². The van der Waals surface area contributed by atoms with E-state index in [0.29, 0.717) is 0 Å². The van der Waals surface area contributed by atoms with Gasteiger partial charge in [-0.3, -0.25) is 0 Å². The van der Waals surface area contributed by atoms with Gasteiger partial charge >= 0.3 is 0 Å². The molecule has 1 N–H and O–H groups in total. The standard InChI is InChI=1S/C36H38N2.C5H8.2C2H6/c1-26(36(3,4)29-17-8-6-9-18-29)24-34-32-22-13-12-16-28(32)25-33(34)27(2)31-21-14-15-23-35(31)37-38(5)30-19-10-7-11-20-30;1-3-5-4-2;2*1-2/h6-22,24,35,37H,2,23,25H2,1,3-5H3;3-5H,1H2,2H3;2*1-2H3/b26-24+;5-4-;;. The minimum atomic E-state index is -0.0758. The topological polar surface area (TPSA) is 15.3 Å². The smallest absolute Gasteiger partial charge is 0.0552 e. The molecule has 0 amide bonds. The van der Waals surface area contributed by atoms with Gasteiger partial charge in [-0.05, 0) is 77.8 Å². The van der Waals surface area contributed by atoms with E-state index in [1.54, 1.807) is 6.08 Å². The molecule has 248 valence electrons. The second kappa shape index (κ2) is 20.0. The highest BCUT2D eigenvalue weighted by Crippen LogP contribution is 2.42. The zero-order chi connectivity index (χ0) is 34.8. The van der Waals surface area contributed by atoms with Crippen LogP contribution in [-0.4, -0.2) is 13.1 Å². The van der Waals surface area contributed by atoms with Crippen LogP contribution in [0.4, 0.5) is 5.69 Å². The maximum Gasteiger partial charge on any atom is 0.0552 e. The Morgan fingerprint density at radius 1 is 0.894 bits per heavy atom. The van der Waals surface area contributed by atoms with E-state index in [4.69, 9.17) is 6.58 Å². The highest BCUT2D eigenvalue weighted by molar-refractivity contribution is 5.87. The molecule has 2 aliphatic rings. The van der Waals surface area contributed by atoms with Gasteiger partial charge in [0.25, 0.3) is 0 Å². The van der Waals surface area contributed by atoms with E-state index in [-0.39, 0.29) is 11.5 Å². The van der Waals surface area contributed by atoms with Gasteiger partial charge < -0.3 is 5.01 Å². The molecule has 2 aliphatic carbocycles. The molecule has 0 aromatic heterocycles. The first-order valence-electron chi connectivity index (χ1n) is 17.2. The minimum absolute atomic E-state index is 0.0758. The maximum atomic E-state index is 4.70. The van der Waals surface area contributed by atoms with Crippen LogP contribution in [0, 0.1) is 0 Å². The van der Waals surface area contributed by atoms with Gasteiger partial charge in [0.1, 0.15) is 0 Å². The van der Waals surface area contributed by atoms with E-state index in [2.05, 4.69) is 148 Å². The Kier molecular flexibility index (Phi) is 16.5. The molecule has 0 fully saturated rings. The lowest BCUT2D eigenvalue weighted by molar-refractivity contribution is 0.567. The number of anilines is 1. The summed E-state index contributed by atoms with van der Waals surface area (Å²) in [6, 6.07) is 30.2. The van der Waals surface area contributed by atoms with Crippen LogP contribution >= 0.6 is 0 Å². The normalized spacial score (nSPS) is 15.2. The van der Waals surface area contributed by atoms with Crippen LogP contribution in [0.2, 0.25) is 0 Å². The van der Waals surface area contributed by atoms with Crippen LogP contribution < -0.4 is 10.4 Å². The molecule has 0 bridgehead atoms. The van der Waals surface area contributed by atoms with Crippen molar-refractivity contribution in [2.75, 3.05) is 12.1 Å². The van der Waals surface area contributed by atoms with E-state index in [1.807, 2.05) is 52.8 Å².